The van der Waals surface area contributed by atoms with E-state index in [0.29, 0.717) is 24.7 Å². The summed E-state index contributed by atoms with van der Waals surface area (Å²) < 4.78 is 13.6. The highest BCUT2D eigenvalue weighted by Gasteiger charge is 2.24. The highest BCUT2D eigenvalue weighted by atomic mass is 16.6. The highest BCUT2D eigenvalue weighted by Crippen LogP contribution is 2.28. The van der Waals surface area contributed by atoms with E-state index in [4.69, 9.17) is 9.47 Å². The summed E-state index contributed by atoms with van der Waals surface area (Å²) >= 11 is 0. The Morgan fingerprint density at radius 3 is 2.81 bits per heavy atom. The fourth-order valence-electron chi connectivity index (χ4n) is 3.34. The van der Waals surface area contributed by atoms with Crippen molar-refractivity contribution in [2.45, 2.75) is 32.9 Å². The summed E-state index contributed by atoms with van der Waals surface area (Å²) in [7, 11) is 0. The monoisotopic (exact) mass is 362 g/mol. The molecule has 2 heterocycles. The number of hydrogen-bond acceptors (Lipinski definition) is 4. The summed E-state index contributed by atoms with van der Waals surface area (Å²) in [5.41, 5.74) is 4.06. The lowest BCUT2D eigenvalue weighted by Gasteiger charge is -2.14. The highest BCUT2D eigenvalue weighted by molar-refractivity contribution is 5.68. The minimum absolute atomic E-state index is 0.155. The number of benzene rings is 2. The second-order valence-corrected chi connectivity index (χ2v) is 6.75. The molecule has 0 aliphatic carbocycles. The van der Waals surface area contributed by atoms with Gasteiger partial charge in [-0.3, -0.25) is 9.36 Å². The number of rotatable bonds is 5. The Kier molecular flexibility index (Phi) is 4.67. The maximum atomic E-state index is 11.6. The van der Waals surface area contributed by atoms with Gasteiger partial charge in [-0.15, -0.1) is 0 Å². The number of fused-ring (bicyclic) bond motifs is 1. The van der Waals surface area contributed by atoms with E-state index in [-0.39, 0.29) is 11.7 Å². The van der Waals surface area contributed by atoms with E-state index in [1.165, 1.54) is 16.7 Å². The Morgan fingerprint density at radius 1 is 1.22 bits per heavy atom. The van der Waals surface area contributed by atoms with Gasteiger partial charge in [-0.25, -0.2) is 0 Å². The van der Waals surface area contributed by atoms with E-state index in [9.17, 15) is 4.79 Å². The molecular weight excluding hydrogens is 340 g/mol. The zero-order valence-electron chi connectivity index (χ0n) is 15.5. The first-order valence-corrected chi connectivity index (χ1v) is 9.20. The molecule has 1 unspecified atom stereocenters. The van der Waals surface area contributed by atoms with Crippen LogP contribution in [0.15, 0.2) is 59.5 Å². The van der Waals surface area contributed by atoms with Crippen LogP contribution in [0.3, 0.4) is 0 Å². The molecule has 138 valence electrons. The molecule has 0 N–H and O–H groups in total. The lowest BCUT2D eigenvalue weighted by atomic mass is 9.98. The van der Waals surface area contributed by atoms with Crippen LogP contribution in [0.25, 0.3) is 11.1 Å². The predicted octanol–water partition coefficient (Wildman–Crippen LogP) is 3.62. The first kappa shape index (κ1) is 17.3. The largest absolute Gasteiger partial charge is 0.490 e. The molecule has 1 aliphatic heterocycles. The Bertz CT molecular complexity index is 1010. The van der Waals surface area contributed by atoms with Gasteiger partial charge in [0.15, 0.2) is 6.10 Å². The van der Waals surface area contributed by atoms with Crippen molar-refractivity contribution in [3.8, 4) is 22.9 Å². The molecule has 5 heteroatoms. The van der Waals surface area contributed by atoms with Crippen molar-refractivity contribution in [1.29, 1.82) is 0 Å². The minimum Gasteiger partial charge on any atom is -0.490 e. The smallest absolute Gasteiger partial charge is 0.300 e. The van der Waals surface area contributed by atoms with Crippen LogP contribution in [0.5, 0.6) is 11.8 Å². The molecule has 5 nitrogen and oxygen atoms in total. The molecule has 2 aromatic carbocycles. The van der Waals surface area contributed by atoms with Crippen molar-refractivity contribution in [2.75, 3.05) is 6.61 Å². The zero-order valence-corrected chi connectivity index (χ0v) is 15.5. The number of ether oxygens (including phenoxy) is 2. The summed E-state index contributed by atoms with van der Waals surface area (Å²) in [5.74, 6) is 0.824. The van der Waals surface area contributed by atoms with Crippen molar-refractivity contribution in [3.63, 3.8) is 0 Å². The lowest BCUT2D eigenvalue weighted by Crippen LogP contribution is -2.23. The van der Waals surface area contributed by atoms with Crippen LogP contribution in [0.4, 0.5) is 0 Å². The van der Waals surface area contributed by atoms with Gasteiger partial charge < -0.3 is 9.47 Å². The summed E-state index contributed by atoms with van der Waals surface area (Å²) in [4.78, 5) is 15.6. The molecule has 0 saturated carbocycles. The van der Waals surface area contributed by atoms with Gasteiger partial charge in [0, 0.05) is 11.8 Å². The summed E-state index contributed by atoms with van der Waals surface area (Å²) in [6, 6.07) is 16.9. The molecule has 0 bridgehead atoms. The van der Waals surface area contributed by atoms with Crippen molar-refractivity contribution in [2.24, 2.45) is 0 Å². The van der Waals surface area contributed by atoms with Gasteiger partial charge in [0.05, 0.1) is 6.54 Å². The molecule has 0 saturated heterocycles. The molecule has 4 rings (SSSR count). The van der Waals surface area contributed by atoms with Crippen LogP contribution < -0.4 is 15.0 Å². The van der Waals surface area contributed by atoms with Crippen molar-refractivity contribution >= 4 is 0 Å². The molecular formula is C22H22N2O3. The van der Waals surface area contributed by atoms with E-state index >= 15 is 0 Å². The number of aromatic nitrogens is 2. The number of hydrogen-bond donors (Lipinski definition) is 0. The van der Waals surface area contributed by atoms with Gasteiger partial charge in [0.2, 0.25) is 0 Å². The van der Waals surface area contributed by atoms with Crippen LogP contribution in [0.2, 0.25) is 0 Å². The van der Waals surface area contributed by atoms with Crippen molar-refractivity contribution in [3.05, 3.63) is 76.2 Å². The molecule has 0 amide bonds. The maximum Gasteiger partial charge on any atom is 0.300 e. The second kappa shape index (κ2) is 7.27. The van der Waals surface area contributed by atoms with Gasteiger partial charge in [-0.05, 0) is 42.2 Å². The molecule has 1 aliphatic rings. The normalized spacial score (nSPS) is 15.3. The number of aryl methyl sites for hydroxylation is 2. The average Bonchev–Trinajstić information content (AvgIpc) is 3.08. The lowest BCUT2D eigenvalue weighted by molar-refractivity contribution is 0.143. The topological polar surface area (TPSA) is 53.4 Å². The third-order valence-electron chi connectivity index (χ3n) is 4.78. The van der Waals surface area contributed by atoms with E-state index < -0.39 is 0 Å². The number of nitrogens with zero attached hydrogens (tertiary/aromatic N) is 2. The summed E-state index contributed by atoms with van der Waals surface area (Å²) in [6.07, 6.45) is 2.56. The molecule has 0 spiro atoms. The van der Waals surface area contributed by atoms with Crippen LogP contribution in [-0.4, -0.2) is 22.3 Å². The minimum atomic E-state index is -0.244. The summed E-state index contributed by atoms with van der Waals surface area (Å²) in [6.45, 7) is 4.94. The molecule has 1 atom stereocenters. The van der Waals surface area contributed by atoms with E-state index in [2.05, 4.69) is 48.3 Å². The Labute approximate surface area is 158 Å². The van der Waals surface area contributed by atoms with Crippen molar-refractivity contribution in [1.82, 2.24) is 9.55 Å². The van der Waals surface area contributed by atoms with Gasteiger partial charge in [0.25, 0.3) is 11.6 Å². The standard InChI is InChI=1S/C22H22N2O3/c1-3-16-11-18(9-10-20(16)17-7-5-4-6-8-17)26-14-19-13-24-12-15(2)21(25)23-22(24)27-19/h4-12,19H,3,13-14H2,1-2H3. The van der Waals surface area contributed by atoms with Crippen LogP contribution in [-0.2, 0) is 13.0 Å². The van der Waals surface area contributed by atoms with Gasteiger partial charge in [-0.1, -0.05) is 43.3 Å². The van der Waals surface area contributed by atoms with Crippen LogP contribution >= 0.6 is 0 Å². The molecule has 0 radical (unpaired) electrons. The van der Waals surface area contributed by atoms with Gasteiger partial charge >= 0.3 is 0 Å². The van der Waals surface area contributed by atoms with E-state index in [1.807, 2.05) is 16.7 Å². The fraction of sp³-hybridized carbons (Fsp3) is 0.273. The van der Waals surface area contributed by atoms with E-state index in [0.717, 1.165) is 12.2 Å². The molecule has 1 aromatic heterocycles. The molecule has 0 fully saturated rings. The van der Waals surface area contributed by atoms with Crippen molar-refractivity contribution < 1.29 is 9.47 Å². The zero-order chi connectivity index (χ0) is 18.8. The third-order valence-corrected chi connectivity index (χ3v) is 4.78. The van der Waals surface area contributed by atoms with Crippen LogP contribution in [0, 0.1) is 6.92 Å². The second-order valence-electron chi connectivity index (χ2n) is 6.75. The van der Waals surface area contributed by atoms with Gasteiger partial charge in [0.1, 0.15) is 12.4 Å². The quantitative estimate of drug-likeness (QED) is 0.696. The fourth-order valence-corrected chi connectivity index (χ4v) is 3.34. The average molecular weight is 362 g/mol. The Hall–Kier alpha value is -3.08. The third kappa shape index (κ3) is 3.58. The molecule has 3 aromatic rings. The predicted molar refractivity (Wildman–Crippen MR) is 104 cm³/mol. The SMILES string of the molecule is CCc1cc(OCC2Cn3cc(C)c(=O)nc3O2)ccc1-c1ccccc1. The first-order chi connectivity index (χ1) is 13.1. The molecule has 27 heavy (non-hydrogen) atoms. The van der Waals surface area contributed by atoms with E-state index in [1.54, 1.807) is 13.1 Å². The first-order valence-electron chi connectivity index (χ1n) is 9.20. The Balaban J connectivity index is 1.46. The van der Waals surface area contributed by atoms with Gasteiger partial charge in [-0.2, -0.15) is 4.98 Å². The Morgan fingerprint density at radius 2 is 2.04 bits per heavy atom. The summed E-state index contributed by atoms with van der Waals surface area (Å²) in [5, 5.41) is 0. The van der Waals surface area contributed by atoms with Crippen LogP contribution in [0.1, 0.15) is 18.1 Å². The maximum absolute atomic E-state index is 11.6.